The maximum atomic E-state index is 12.2. The highest BCUT2D eigenvalue weighted by Gasteiger charge is 2.28. The molecule has 1 heterocycles. The first-order valence-electron chi connectivity index (χ1n) is 7.66. The van der Waals surface area contributed by atoms with Crippen LogP contribution in [-0.2, 0) is 4.79 Å². The lowest BCUT2D eigenvalue weighted by atomic mass is 10.1. The molecule has 2 saturated carbocycles. The Bertz CT molecular complexity index is 692. The molecular formula is C16H19N3OS. The van der Waals surface area contributed by atoms with Crippen LogP contribution in [0.1, 0.15) is 43.0 Å². The molecule has 2 unspecified atom stereocenters. The second-order valence-electron chi connectivity index (χ2n) is 6.27. The van der Waals surface area contributed by atoms with Gasteiger partial charge in [-0.05, 0) is 50.3 Å². The minimum absolute atomic E-state index is 0.0687. The molecule has 2 aliphatic rings. The average molecular weight is 301 g/mol. The number of hydrogen-bond donors (Lipinski definition) is 2. The van der Waals surface area contributed by atoms with Gasteiger partial charge in [0.2, 0.25) is 5.91 Å². The molecule has 1 aromatic heterocycles. The van der Waals surface area contributed by atoms with E-state index in [1.165, 1.54) is 17.8 Å². The van der Waals surface area contributed by atoms with Crippen molar-refractivity contribution in [1.29, 1.82) is 0 Å². The summed E-state index contributed by atoms with van der Waals surface area (Å²) in [7, 11) is 0. The third kappa shape index (κ3) is 2.68. The number of rotatable bonds is 3. The lowest BCUT2D eigenvalue weighted by Gasteiger charge is -2.10. The van der Waals surface area contributed by atoms with Crippen molar-refractivity contribution < 1.29 is 4.79 Å². The van der Waals surface area contributed by atoms with E-state index in [0.717, 1.165) is 35.2 Å². The van der Waals surface area contributed by atoms with E-state index in [-0.39, 0.29) is 17.9 Å². The number of hydrogen-bond acceptors (Lipinski definition) is 4. The lowest BCUT2D eigenvalue weighted by molar-refractivity contribution is -0.119. The van der Waals surface area contributed by atoms with Gasteiger partial charge in [-0.3, -0.25) is 4.79 Å². The van der Waals surface area contributed by atoms with Crippen LogP contribution in [0.5, 0.6) is 0 Å². The van der Waals surface area contributed by atoms with Crippen molar-refractivity contribution in [3.05, 3.63) is 23.2 Å². The number of aromatic nitrogens is 1. The van der Waals surface area contributed by atoms with Crippen molar-refractivity contribution in [2.75, 3.05) is 5.32 Å². The zero-order valence-electron chi connectivity index (χ0n) is 11.8. The van der Waals surface area contributed by atoms with Gasteiger partial charge < -0.3 is 11.1 Å². The molecule has 1 amide bonds. The van der Waals surface area contributed by atoms with Crippen molar-refractivity contribution in [2.45, 2.75) is 44.1 Å². The molecular weight excluding hydrogens is 282 g/mol. The summed E-state index contributed by atoms with van der Waals surface area (Å²) < 4.78 is 1.16. The van der Waals surface area contributed by atoms with E-state index in [1.54, 1.807) is 11.3 Å². The highest BCUT2D eigenvalue weighted by molar-refractivity contribution is 7.18. The van der Waals surface area contributed by atoms with Gasteiger partial charge in [0, 0.05) is 23.6 Å². The van der Waals surface area contributed by atoms with Gasteiger partial charge in [-0.15, -0.1) is 11.3 Å². The minimum atomic E-state index is 0.0687. The van der Waals surface area contributed by atoms with E-state index in [4.69, 9.17) is 5.73 Å². The summed E-state index contributed by atoms with van der Waals surface area (Å²) in [5.74, 6) is 0.855. The van der Waals surface area contributed by atoms with Crippen LogP contribution < -0.4 is 11.1 Å². The molecule has 0 radical (unpaired) electrons. The van der Waals surface area contributed by atoms with Crippen molar-refractivity contribution in [3.8, 4) is 0 Å². The normalized spacial score (nSPS) is 25.4. The van der Waals surface area contributed by atoms with Crippen LogP contribution >= 0.6 is 11.3 Å². The van der Waals surface area contributed by atoms with Crippen LogP contribution in [0.4, 0.5) is 5.69 Å². The van der Waals surface area contributed by atoms with Gasteiger partial charge in [0.05, 0.1) is 15.2 Å². The predicted molar refractivity (Wildman–Crippen MR) is 85.5 cm³/mol. The Morgan fingerprint density at radius 1 is 1.29 bits per heavy atom. The Hall–Kier alpha value is -1.46. The zero-order valence-corrected chi connectivity index (χ0v) is 12.7. The van der Waals surface area contributed by atoms with Crippen LogP contribution in [0.15, 0.2) is 18.2 Å². The number of thiazole rings is 1. The molecule has 0 saturated heterocycles. The first kappa shape index (κ1) is 13.2. The number of nitrogens with zero attached hydrogens (tertiary/aromatic N) is 1. The molecule has 4 rings (SSSR count). The number of fused-ring (bicyclic) bond motifs is 1. The monoisotopic (exact) mass is 301 g/mol. The standard InChI is InChI=1S/C16H19N3OS/c17-11-4-3-10(7-11)15(20)18-12-5-6-13-14(8-12)21-16(19-13)9-1-2-9/h5-6,8-11H,1-4,7,17H2,(H,18,20). The van der Waals surface area contributed by atoms with E-state index in [0.29, 0.717) is 5.92 Å². The Morgan fingerprint density at radius 3 is 2.86 bits per heavy atom. The number of amides is 1. The molecule has 3 N–H and O–H groups in total. The van der Waals surface area contributed by atoms with Gasteiger partial charge in [0.1, 0.15) is 0 Å². The summed E-state index contributed by atoms with van der Waals surface area (Å²) in [6, 6.07) is 6.19. The van der Waals surface area contributed by atoms with Gasteiger partial charge in [0.15, 0.2) is 0 Å². The van der Waals surface area contributed by atoms with Crippen LogP contribution in [-0.4, -0.2) is 16.9 Å². The Kier molecular flexibility index (Phi) is 3.19. The van der Waals surface area contributed by atoms with Crippen molar-refractivity contribution >= 4 is 33.1 Å². The van der Waals surface area contributed by atoms with Crippen molar-refractivity contribution in [3.63, 3.8) is 0 Å². The van der Waals surface area contributed by atoms with E-state index in [1.807, 2.05) is 18.2 Å². The molecule has 4 nitrogen and oxygen atoms in total. The van der Waals surface area contributed by atoms with Gasteiger partial charge in [-0.25, -0.2) is 4.98 Å². The molecule has 21 heavy (non-hydrogen) atoms. The summed E-state index contributed by atoms with van der Waals surface area (Å²) in [5.41, 5.74) is 7.80. The van der Waals surface area contributed by atoms with E-state index in [2.05, 4.69) is 10.3 Å². The third-order valence-electron chi connectivity index (χ3n) is 4.44. The van der Waals surface area contributed by atoms with Crippen LogP contribution in [0.25, 0.3) is 10.2 Å². The van der Waals surface area contributed by atoms with Gasteiger partial charge in [-0.1, -0.05) is 0 Å². The van der Waals surface area contributed by atoms with Gasteiger partial charge in [-0.2, -0.15) is 0 Å². The topological polar surface area (TPSA) is 68.0 Å². The number of benzene rings is 1. The smallest absolute Gasteiger partial charge is 0.227 e. The van der Waals surface area contributed by atoms with Gasteiger partial charge >= 0.3 is 0 Å². The van der Waals surface area contributed by atoms with Crippen molar-refractivity contribution in [1.82, 2.24) is 4.98 Å². The second-order valence-corrected chi connectivity index (χ2v) is 7.33. The second kappa shape index (κ2) is 5.07. The Morgan fingerprint density at radius 2 is 2.14 bits per heavy atom. The van der Waals surface area contributed by atoms with E-state index >= 15 is 0 Å². The molecule has 1 aromatic carbocycles. The lowest BCUT2D eigenvalue weighted by Crippen LogP contribution is -2.23. The molecule has 2 aromatic rings. The molecule has 0 aliphatic heterocycles. The Balaban J connectivity index is 1.51. The first-order chi connectivity index (χ1) is 10.2. The molecule has 5 heteroatoms. The third-order valence-corrected chi connectivity index (χ3v) is 5.62. The summed E-state index contributed by atoms with van der Waals surface area (Å²) >= 11 is 1.76. The van der Waals surface area contributed by atoms with Crippen LogP contribution in [0, 0.1) is 5.92 Å². The molecule has 2 atom stereocenters. The highest BCUT2D eigenvalue weighted by atomic mass is 32.1. The van der Waals surface area contributed by atoms with Crippen molar-refractivity contribution in [2.24, 2.45) is 11.7 Å². The quantitative estimate of drug-likeness (QED) is 0.914. The maximum absolute atomic E-state index is 12.2. The predicted octanol–water partition coefficient (Wildman–Crippen LogP) is 3.24. The van der Waals surface area contributed by atoms with Crippen LogP contribution in [0.2, 0.25) is 0 Å². The Labute approximate surface area is 127 Å². The maximum Gasteiger partial charge on any atom is 0.227 e. The zero-order chi connectivity index (χ0) is 14.4. The fraction of sp³-hybridized carbons (Fsp3) is 0.500. The van der Waals surface area contributed by atoms with Gasteiger partial charge in [0.25, 0.3) is 0 Å². The number of nitrogens with one attached hydrogen (secondary N) is 1. The molecule has 0 bridgehead atoms. The number of anilines is 1. The molecule has 2 aliphatic carbocycles. The first-order valence-corrected chi connectivity index (χ1v) is 8.47. The number of nitrogens with two attached hydrogens (primary N) is 1. The summed E-state index contributed by atoms with van der Waals surface area (Å²) in [6.45, 7) is 0. The summed E-state index contributed by atoms with van der Waals surface area (Å²) in [5, 5.41) is 4.28. The number of carbonyl (C=O) groups excluding carboxylic acids is 1. The SMILES string of the molecule is NC1CCC(C(=O)Nc2ccc3nc(C4CC4)sc3c2)C1. The largest absolute Gasteiger partial charge is 0.328 e. The van der Waals surface area contributed by atoms with Crippen LogP contribution in [0.3, 0.4) is 0 Å². The van der Waals surface area contributed by atoms with E-state index < -0.39 is 0 Å². The molecule has 0 spiro atoms. The molecule has 110 valence electrons. The average Bonchev–Trinajstić information content (AvgIpc) is 3.09. The fourth-order valence-corrected chi connectivity index (χ4v) is 4.20. The van der Waals surface area contributed by atoms with E-state index in [9.17, 15) is 4.79 Å². The highest BCUT2D eigenvalue weighted by Crippen LogP contribution is 2.43. The molecule has 2 fully saturated rings. The summed E-state index contributed by atoms with van der Waals surface area (Å²) in [4.78, 5) is 16.9. The summed E-state index contributed by atoms with van der Waals surface area (Å²) in [6.07, 6.45) is 5.20. The number of carbonyl (C=O) groups is 1. The minimum Gasteiger partial charge on any atom is -0.328 e. The fourth-order valence-electron chi connectivity index (χ4n) is 3.02.